The number of hydrogen-bond donors (Lipinski definition) is 3. The predicted molar refractivity (Wildman–Crippen MR) is 82.3 cm³/mol. The molecule has 3 N–H and O–H groups in total. The van der Waals surface area contributed by atoms with Crippen LogP contribution in [0.15, 0.2) is 0 Å². The van der Waals surface area contributed by atoms with Crippen molar-refractivity contribution in [3.63, 3.8) is 0 Å². The molecule has 1 aliphatic rings. The third-order valence-corrected chi connectivity index (χ3v) is 4.15. The van der Waals surface area contributed by atoms with Gasteiger partial charge >= 0.3 is 12.0 Å². The number of carboxylic acids is 1. The van der Waals surface area contributed by atoms with E-state index in [9.17, 15) is 9.59 Å². The standard InChI is InChI=1S/C15H29N3O3/c1-4-12(3)13(14(19)20)17-15(21)16-9-11(2)10-18-7-5-6-8-18/h11-13H,4-10H2,1-3H3,(H,19,20)(H2,16,17,21)/t11?,12?,13-/m0/s1. The molecule has 6 nitrogen and oxygen atoms in total. The number of likely N-dealkylation sites (tertiary alicyclic amines) is 1. The first-order valence-corrected chi connectivity index (χ1v) is 7.93. The lowest BCUT2D eigenvalue weighted by Crippen LogP contribution is -2.50. The highest BCUT2D eigenvalue weighted by Crippen LogP contribution is 2.10. The lowest BCUT2D eigenvalue weighted by Gasteiger charge is -2.23. The third kappa shape index (κ3) is 6.33. The topological polar surface area (TPSA) is 81.7 Å². The van der Waals surface area contributed by atoms with Crippen molar-refractivity contribution in [3.8, 4) is 0 Å². The monoisotopic (exact) mass is 299 g/mol. The minimum Gasteiger partial charge on any atom is -0.480 e. The van der Waals surface area contributed by atoms with Crippen LogP contribution in [-0.2, 0) is 4.79 Å². The van der Waals surface area contributed by atoms with Gasteiger partial charge in [-0.1, -0.05) is 27.2 Å². The Kier molecular flexibility index (Phi) is 7.50. The maximum absolute atomic E-state index is 11.8. The largest absolute Gasteiger partial charge is 0.480 e. The Labute approximate surface area is 127 Å². The van der Waals surface area contributed by atoms with Gasteiger partial charge in [0.25, 0.3) is 0 Å². The fraction of sp³-hybridized carbons (Fsp3) is 0.867. The molecule has 0 spiro atoms. The van der Waals surface area contributed by atoms with Crippen molar-refractivity contribution in [1.29, 1.82) is 0 Å². The van der Waals surface area contributed by atoms with E-state index in [-0.39, 0.29) is 5.92 Å². The van der Waals surface area contributed by atoms with Crippen molar-refractivity contribution in [3.05, 3.63) is 0 Å². The van der Waals surface area contributed by atoms with Crippen LogP contribution in [-0.4, -0.2) is 54.2 Å². The maximum Gasteiger partial charge on any atom is 0.326 e. The highest BCUT2D eigenvalue weighted by Gasteiger charge is 2.25. The summed E-state index contributed by atoms with van der Waals surface area (Å²) in [6.45, 7) is 9.68. The summed E-state index contributed by atoms with van der Waals surface area (Å²) in [7, 11) is 0. The van der Waals surface area contributed by atoms with Crippen molar-refractivity contribution in [2.24, 2.45) is 11.8 Å². The van der Waals surface area contributed by atoms with Gasteiger partial charge in [0.2, 0.25) is 0 Å². The van der Waals surface area contributed by atoms with Gasteiger partial charge in [0, 0.05) is 13.1 Å². The predicted octanol–water partition coefficient (Wildman–Crippen LogP) is 1.52. The van der Waals surface area contributed by atoms with Crippen molar-refractivity contribution < 1.29 is 14.7 Å². The molecule has 0 radical (unpaired) electrons. The van der Waals surface area contributed by atoms with E-state index < -0.39 is 18.0 Å². The summed E-state index contributed by atoms with van der Waals surface area (Å²) in [6, 6.07) is -1.22. The average Bonchev–Trinajstić information content (AvgIpc) is 2.94. The summed E-state index contributed by atoms with van der Waals surface area (Å²) < 4.78 is 0. The summed E-state index contributed by atoms with van der Waals surface area (Å²) in [4.78, 5) is 25.4. The van der Waals surface area contributed by atoms with Gasteiger partial charge in [0.05, 0.1) is 0 Å². The van der Waals surface area contributed by atoms with Crippen LogP contribution in [0.4, 0.5) is 4.79 Å². The molecule has 2 unspecified atom stereocenters. The number of rotatable bonds is 8. The molecule has 21 heavy (non-hydrogen) atoms. The maximum atomic E-state index is 11.8. The molecular weight excluding hydrogens is 270 g/mol. The second-order valence-corrected chi connectivity index (χ2v) is 6.17. The normalized spacial score (nSPS) is 19.8. The van der Waals surface area contributed by atoms with Gasteiger partial charge in [-0.2, -0.15) is 0 Å². The lowest BCUT2D eigenvalue weighted by atomic mass is 9.99. The number of urea groups is 1. The molecule has 0 bridgehead atoms. The number of carboxylic acid groups (broad SMARTS) is 1. The molecule has 122 valence electrons. The van der Waals surface area contributed by atoms with Gasteiger partial charge in [-0.05, 0) is 37.8 Å². The second kappa shape index (κ2) is 8.87. The SMILES string of the molecule is CCC(C)[C@H](NC(=O)NCC(C)CN1CCCC1)C(=O)O. The molecular formula is C15H29N3O3. The van der Waals surface area contributed by atoms with Gasteiger partial charge in [0.1, 0.15) is 6.04 Å². The van der Waals surface area contributed by atoms with Crippen molar-refractivity contribution >= 4 is 12.0 Å². The van der Waals surface area contributed by atoms with E-state index in [1.54, 1.807) is 0 Å². The van der Waals surface area contributed by atoms with Crippen LogP contribution in [0.1, 0.15) is 40.0 Å². The molecule has 0 saturated carbocycles. The quantitative estimate of drug-likeness (QED) is 0.634. The number of carbonyl (C=O) groups excluding carboxylic acids is 1. The molecule has 1 heterocycles. The fourth-order valence-corrected chi connectivity index (χ4v) is 2.61. The summed E-state index contributed by atoms with van der Waals surface area (Å²) in [5.41, 5.74) is 0. The number of nitrogens with zero attached hydrogens (tertiary/aromatic N) is 1. The first kappa shape index (κ1) is 17.8. The van der Waals surface area contributed by atoms with E-state index in [1.165, 1.54) is 12.8 Å². The van der Waals surface area contributed by atoms with Crippen molar-refractivity contribution in [2.75, 3.05) is 26.2 Å². The number of carbonyl (C=O) groups is 2. The molecule has 3 atom stereocenters. The molecule has 1 saturated heterocycles. The molecule has 0 aromatic rings. The van der Waals surface area contributed by atoms with Crippen molar-refractivity contribution in [2.45, 2.75) is 46.1 Å². The molecule has 0 aromatic heterocycles. The van der Waals surface area contributed by atoms with Crippen LogP contribution in [0.3, 0.4) is 0 Å². The van der Waals surface area contributed by atoms with Crippen LogP contribution >= 0.6 is 0 Å². The molecule has 0 aromatic carbocycles. The van der Waals surface area contributed by atoms with Crippen LogP contribution in [0.2, 0.25) is 0 Å². The van der Waals surface area contributed by atoms with Crippen LogP contribution < -0.4 is 10.6 Å². The molecule has 6 heteroatoms. The average molecular weight is 299 g/mol. The molecule has 1 aliphatic heterocycles. The van der Waals surface area contributed by atoms with Gasteiger partial charge in [-0.25, -0.2) is 9.59 Å². The highest BCUT2D eigenvalue weighted by atomic mass is 16.4. The van der Waals surface area contributed by atoms with Gasteiger partial charge in [0.15, 0.2) is 0 Å². The third-order valence-electron chi connectivity index (χ3n) is 4.15. The fourth-order valence-electron chi connectivity index (χ4n) is 2.61. The molecule has 1 fully saturated rings. The smallest absolute Gasteiger partial charge is 0.326 e. The molecule has 1 rings (SSSR count). The van der Waals surface area contributed by atoms with E-state index >= 15 is 0 Å². The van der Waals surface area contributed by atoms with E-state index in [1.807, 2.05) is 13.8 Å². The number of aliphatic carboxylic acids is 1. The summed E-state index contributed by atoms with van der Waals surface area (Å²) in [5.74, 6) is -0.708. The first-order valence-electron chi connectivity index (χ1n) is 7.93. The zero-order chi connectivity index (χ0) is 15.8. The van der Waals surface area contributed by atoms with E-state index in [4.69, 9.17) is 5.11 Å². The van der Waals surface area contributed by atoms with Crippen molar-refractivity contribution in [1.82, 2.24) is 15.5 Å². The second-order valence-electron chi connectivity index (χ2n) is 6.17. The molecule has 0 aliphatic carbocycles. The number of nitrogens with one attached hydrogen (secondary N) is 2. The Bertz CT molecular complexity index is 343. The van der Waals surface area contributed by atoms with E-state index in [0.717, 1.165) is 19.6 Å². The van der Waals surface area contributed by atoms with Crippen LogP contribution in [0, 0.1) is 11.8 Å². The number of hydrogen-bond acceptors (Lipinski definition) is 3. The van der Waals surface area contributed by atoms with E-state index in [0.29, 0.717) is 18.9 Å². The first-order chi connectivity index (χ1) is 9.93. The summed E-state index contributed by atoms with van der Waals surface area (Å²) in [6.07, 6.45) is 3.23. The minimum atomic E-state index is -0.982. The van der Waals surface area contributed by atoms with Gasteiger partial charge < -0.3 is 20.6 Å². The molecule has 2 amide bonds. The van der Waals surface area contributed by atoms with Gasteiger partial charge in [-0.15, -0.1) is 0 Å². The Morgan fingerprint density at radius 3 is 2.38 bits per heavy atom. The Hall–Kier alpha value is -1.30. The van der Waals surface area contributed by atoms with Crippen LogP contribution in [0.5, 0.6) is 0 Å². The minimum absolute atomic E-state index is 0.0877. The summed E-state index contributed by atoms with van der Waals surface area (Å²) >= 11 is 0. The van der Waals surface area contributed by atoms with Gasteiger partial charge in [-0.3, -0.25) is 0 Å². The van der Waals surface area contributed by atoms with Crippen LogP contribution in [0.25, 0.3) is 0 Å². The Morgan fingerprint density at radius 1 is 1.24 bits per heavy atom. The number of amides is 2. The Morgan fingerprint density at radius 2 is 1.86 bits per heavy atom. The lowest BCUT2D eigenvalue weighted by molar-refractivity contribution is -0.140. The zero-order valence-corrected chi connectivity index (χ0v) is 13.4. The van der Waals surface area contributed by atoms with E-state index in [2.05, 4.69) is 22.5 Å². The zero-order valence-electron chi connectivity index (χ0n) is 13.4. The summed E-state index contributed by atoms with van der Waals surface area (Å²) in [5, 5.41) is 14.5. The Balaban J connectivity index is 2.29. The highest BCUT2D eigenvalue weighted by molar-refractivity contribution is 5.82.